The topological polar surface area (TPSA) is 73.5 Å². The second kappa shape index (κ2) is 5.33. The smallest absolute Gasteiger partial charge is 0.163 e. The van der Waals surface area contributed by atoms with Crippen LogP contribution in [-0.2, 0) is 13.0 Å². The molecule has 5 rings (SSSR count). The zero-order valence-corrected chi connectivity index (χ0v) is 13.3. The van der Waals surface area contributed by atoms with E-state index in [0.717, 1.165) is 60.6 Å². The van der Waals surface area contributed by atoms with Gasteiger partial charge < -0.3 is 14.9 Å². The van der Waals surface area contributed by atoms with E-state index < -0.39 is 0 Å². The van der Waals surface area contributed by atoms with Gasteiger partial charge in [0.2, 0.25) is 0 Å². The van der Waals surface area contributed by atoms with Gasteiger partial charge in [0.25, 0.3) is 0 Å². The van der Waals surface area contributed by atoms with Gasteiger partial charge >= 0.3 is 0 Å². The Hall–Kier alpha value is -2.89. The predicted molar refractivity (Wildman–Crippen MR) is 93.6 cm³/mol. The van der Waals surface area contributed by atoms with Crippen LogP contribution in [0.3, 0.4) is 0 Å². The zero-order valence-electron chi connectivity index (χ0n) is 13.3. The lowest BCUT2D eigenvalue weighted by molar-refractivity contribution is 0.703. The molecule has 3 aromatic heterocycles. The molecule has 0 amide bonds. The van der Waals surface area contributed by atoms with Crippen LogP contribution in [0.15, 0.2) is 36.8 Å². The quantitative estimate of drug-likeness (QED) is 0.762. The molecule has 0 fully saturated rings. The first-order chi connectivity index (χ1) is 11.9. The second-order valence-corrected chi connectivity index (χ2v) is 6.25. The van der Waals surface area contributed by atoms with Gasteiger partial charge in [-0.3, -0.25) is 0 Å². The molecule has 2 N–H and O–H groups in total. The van der Waals surface area contributed by atoms with Gasteiger partial charge in [-0.25, -0.2) is 15.0 Å². The fraction of sp³-hybridized carbons (Fsp3) is 0.278. The van der Waals surface area contributed by atoms with E-state index in [9.17, 15) is 0 Å². The van der Waals surface area contributed by atoms with E-state index in [1.54, 1.807) is 6.33 Å². The number of fused-ring (bicyclic) bond motifs is 2. The number of hydrogen-bond acceptors (Lipinski definition) is 4. The molecule has 120 valence electrons. The van der Waals surface area contributed by atoms with Crippen LogP contribution < -0.4 is 4.90 Å². The first-order valence-corrected chi connectivity index (χ1v) is 8.37. The Morgan fingerprint density at radius 3 is 3.04 bits per heavy atom. The summed E-state index contributed by atoms with van der Waals surface area (Å²) in [5, 5.41) is 1.07. The fourth-order valence-electron chi connectivity index (χ4n) is 3.47. The van der Waals surface area contributed by atoms with Crippen LogP contribution in [0.2, 0.25) is 0 Å². The molecule has 0 saturated carbocycles. The highest BCUT2D eigenvalue weighted by molar-refractivity contribution is 5.89. The summed E-state index contributed by atoms with van der Waals surface area (Å²) < 4.78 is 0. The van der Waals surface area contributed by atoms with Gasteiger partial charge in [-0.2, -0.15) is 0 Å². The Balaban J connectivity index is 1.61. The maximum Gasteiger partial charge on any atom is 0.163 e. The Bertz CT molecular complexity index is 961. The number of imidazole rings is 1. The average Bonchev–Trinajstić information content (AvgIpc) is 3.29. The Morgan fingerprint density at radius 2 is 2.12 bits per heavy atom. The van der Waals surface area contributed by atoms with Gasteiger partial charge in [0.05, 0.1) is 29.6 Å². The van der Waals surface area contributed by atoms with Crippen molar-refractivity contribution in [3.63, 3.8) is 0 Å². The van der Waals surface area contributed by atoms with E-state index in [0.29, 0.717) is 0 Å². The molecule has 0 radical (unpaired) electrons. The largest absolute Gasteiger partial charge is 0.350 e. The van der Waals surface area contributed by atoms with Crippen LogP contribution in [0.4, 0.5) is 5.82 Å². The van der Waals surface area contributed by atoms with Gasteiger partial charge in [-0.15, -0.1) is 0 Å². The molecule has 0 aromatic carbocycles. The van der Waals surface area contributed by atoms with E-state index in [-0.39, 0.29) is 0 Å². The number of aromatic amines is 2. The molecule has 6 nitrogen and oxygen atoms in total. The average molecular weight is 318 g/mol. The summed E-state index contributed by atoms with van der Waals surface area (Å²) in [6, 6.07) is 2.06. The van der Waals surface area contributed by atoms with E-state index in [4.69, 9.17) is 9.97 Å². The van der Waals surface area contributed by atoms with Gasteiger partial charge in [0.15, 0.2) is 5.82 Å². The van der Waals surface area contributed by atoms with Gasteiger partial charge in [-0.1, -0.05) is 18.2 Å². The lowest BCUT2D eigenvalue weighted by Gasteiger charge is -2.28. The molecule has 0 unspecified atom stereocenters. The third-order valence-electron chi connectivity index (χ3n) is 4.72. The molecule has 3 aromatic rings. The maximum atomic E-state index is 4.92. The number of H-pyrrole nitrogens is 2. The predicted octanol–water partition coefficient (Wildman–Crippen LogP) is 2.98. The summed E-state index contributed by atoms with van der Waals surface area (Å²) in [5.74, 6) is 1.79. The number of allylic oxidation sites excluding steroid dienone is 4. The van der Waals surface area contributed by atoms with Crippen LogP contribution in [0.25, 0.3) is 16.6 Å². The highest BCUT2D eigenvalue weighted by Crippen LogP contribution is 2.30. The first kappa shape index (κ1) is 13.5. The maximum absolute atomic E-state index is 4.92. The summed E-state index contributed by atoms with van der Waals surface area (Å²) in [7, 11) is 0. The summed E-state index contributed by atoms with van der Waals surface area (Å²) in [4.78, 5) is 22.8. The molecule has 1 aliphatic carbocycles. The van der Waals surface area contributed by atoms with Crippen molar-refractivity contribution in [1.29, 1.82) is 0 Å². The molecule has 6 heteroatoms. The standard InChI is InChI=1S/C18H18N6/c1-2-4-12(5-3-1)16-22-17-13(6-8-19-17)18(23-16)24-9-7-14-15(10-24)21-11-20-14/h2,4-6,8,11H,1,3,7,9-10H2,(H,20,21)(H,19,22,23). The van der Waals surface area contributed by atoms with Crippen LogP contribution >= 0.6 is 0 Å². The van der Waals surface area contributed by atoms with Crippen LogP contribution in [0, 0.1) is 0 Å². The lowest BCUT2D eigenvalue weighted by Crippen LogP contribution is -2.31. The molecule has 0 saturated heterocycles. The van der Waals surface area contributed by atoms with Crippen molar-refractivity contribution in [3.8, 4) is 0 Å². The van der Waals surface area contributed by atoms with Crippen molar-refractivity contribution >= 4 is 22.4 Å². The summed E-state index contributed by atoms with van der Waals surface area (Å²) >= 11 is 0. The monoisotopic (exact) mass is 318 g/mol. The molecule has 4 heterocycles. The number of aromatic nitrogens is 5. The summed E-state index contributed by atoms with van der Waals surface area (Å²) in [6.45, 7) is 1.73. The minimum absolute atomic E-state index is 0.798. The van der Waals surface area contributed by atoms with Crippen molar-refractivity contribution in [2.75, 3.05) is 11.4 Å². The van der Waals surface area contributed by atoms with Gasteiger partial charge in [-0.05, 0) is 18.9 Å². The van der Waals surface area contributed by atoms with Crippen molar-refractivity contribution < 1.29 is 0 Å². The Morgan fingerprint density at radius 1 is 1.12 bits per heavy atom. The highest BCUT2D eigenvalue weighted by atomic mass is 15.2. The van der Waals surface area contributed by atoms with E-state index in [1.807, 2.05) is 6.20 Å². The van der Waals surface area contributed by atoms with Crippen molar-refractivity contribution in [2.24, 2.45) is 0 Å². The van der Waals surface area contributed by atoms with Crippen LogP contribution in [0.1, 0.15) is 30.1 Å². The van der Waals surface area contributed by atoms with Crippen LogP contribution in [0.5, 0.6) is 0 Å². The number of hydrogen-bond donors (Lipinski definition) is 2. The first-order valence-electron chi connectivity index (χ1n) is 8.37. The highest BCUT2D eigenvalue weighted by Gasteiger charge is 2.22. The van der Waals surface area contributed by atoms with Crippen molar-refractivity contribution in [1.82, 2.24) is 24.9 Å². The van der Waals surface area contributed by atoms with Gasteiger partial charge in [0.1, 0.15) is 11.5 Å². The molecule has 0 atom stereocenters. The number of nitrogens with zero attached hydrogens (tertiary/aromatic N) is 4. The number of nitrogens with one attached hydrogen (secondary N) is 2. The van der Waals surface area contributed by atoms with Crippen LogP contribution in [-0.4, -0.2) is 31.5 Å². The zero-order chi connectivity index (χ0) is 15.9. The molecular formula is C18H18N6. The number of anilines is 1. The van der Waals surface area contributed by atoms with E-state index in [2.05, 4.69) is 44.1 Å². The second-order valence-electron chi connectivity index (χ2n) is 6.25. The van der Waals surface area contributed by atoms with Crippen molar-refractivity contribution in [2.45, 2.75) is 25.8 Å². The minimum Gasteiger partial charge on any atom is -0.350 e. The number of rotatable bonds is 2. The fourth-order valence-corrected chi connectivity index (χ4v) is 3.47. The molecule has 1 aliphatic heterocycles. The normalized spacial score (nSPS) is 17.2. The molecule has 0 bridgehead atoms. The van der Waals surface area contributed by atoms with Gasteiger partial charge in [0, 0.05) is 24.7 Å². The van der Waals surface area contributed by atoms with E-state index >= 15 is 0 Å². The Kier molecular flexibility index (Phi) is 3.01. The lowest BCUT2D eigenvalue weighted by atomic mass is 10.1. The molecule has 24 heavy (non-hydrogen) atoms. The third kappa shape index (κ3) is 2.14. The molecule has 2 aliphatic rings. The summed E-state index contributed by atoms with van der Waals surface area (Å²) in [5.41, 5.74) is 4.36. The van der Waals surface area contributed by atoms with E-state index in [1.165, 1.54) is 11.4 Å². The summed E-state index contributed by atoms with van der Waals surface area (Å²) in [6.07, 6.45) is 13.3. The molecule has 0 spiro atoms. The third-order valence-corrected chi connectivity index (χ3v) is 4.72. The molecular weight excluding hydrogens is 300 g/mol. The van der Waals surface area contributed by atoms with Crippen molar-refractivity contribution in [3.05, 3.63) is 54.0 Å². The Labute approximate surface area is 139 Å². The SMILES string of the molecule is C1=CC(c2nc(N3CCc4nc[nH]c4C3)c3cc[nH]c3n2)=CCC1. The minimum atomic E-state index is 0.798.